The molecule has 0 saturated heterocycles. The summed E-state index contributed by atoms with van der Waals surface area (Å²) < 4.78 is 5.29. The van der Waals surface area contributed by atoms with Gasteiger partial charge in [-0.05, 0) is 51.7 Å². The topological polar surface area (TPSA) is 46.5 Å². The van der Waals surface area contributed by atoms with Gasteiger partial charge in [0.25, 0.3) is 0 Å². The molecule has 3 aliphatic rings. The zero-order valence-electron chi connectivity index (χ0n) is 11.0. The highest BCUT2D eigenvalue weighted by Crippen LogP contribution is 2.49. The van der Waals surface area contributed by atoms with Crippen LogP contribution in [0.4, 0.5) is 0 Å². The Morgan fingerprint density at radius 1 is 1.44 bits per heavy atom. The Kier molecular flexibility index (Phi) is 2.33. The van der Waals surface area contributed by atoms with E-state index in [1.807, 2.05) is 26.8 Å². The average molecular weight is 246 g/mol. The first-order valence-corrected chi connectivity index (χ1v) is 6.46. The normalized spacial score (nSPS) is 35.2. The maximum atomic E-state index is 11.6. The number of hydrogen-bond donors (Lipinski definition) is 1. The minimum Gasteiger partial charge on any atom is -0.423 e. The molecule has 2 aliphatic carbocycles. The summed E-state index contributed by atoms with van der Waals surface area (Å²) in [5.74, 6) is 0.559. The standard InChI is InChI=1S/C15H18O3/c1-8-6-13-11(9(2)14(16)18-13)7-12-10(8)4-5-15(12,3)17/h6,12,17H,4-5,7H2,1-3H3. The summed E-state index contributed by atoms with van der Waals surface area (Å²) in [5, 5.41) is 10.5. The number of carbonyl (C=O) groups is 1. The predicted octanol–water partition coefficient (Wildman–Crippen LogP) is 2.62. The third-order valence-electron chi connectivity index (χ3n) is 4.59. The zero-order valence-corrected chi connectivity index (χ0v) is 11.0. The van der Waals surface area contributed by atoms with Crippen LogP contribution in [0.2, 0.25) is 0 Å². The quantitative estimate of drug-likeness (QED) is 0.668. The SMILES string of the molecule is CC1=C2CCC(C)(O)C2CC2=C(C)C(=O)OC2=C1. The molecule has 0 aromatic carbocycles. The van der Waals surface area contributed by atoms with E-state index in [4.69, 9.17) is 4.74 Å². The van der Waals surface area contributed by atoms with E-state index in [1.165, 1.54) is 5.57 Å². The lowest BCUT2D eigenvalue weighted by Gasteiger charge is -2.26. The fourth-order valence-corrected chi connectivity index (χ4v) is 3.34. The lowest BCUT2D eigenvalue weighted by Crippen LogP contribution is -2.29. The van der Waals surface area contributed by atoms with E-state index in [1.54, 1.807) is 0 Å². The Balaban J connectivity index is 2.12. The van der Waals surface area contributed by atoms with Gasteiger partial charge in [-0.1, -0.05) is 5.57 Å². The number of esters is 1. The van der Waals surface area contributed by atoms with Gasteiger partial charge in [0.2, 0.25) is 0 Å². The van der Waals surface area contributed by atoms with Gasteiger partial charge in [-0.3, -0.25) is 0 Å². The molecule has 0 aromatic heterocycles. The fourth-order valence-electron chi connectivity index (χ4n) is 3.34. The molecule has 0 aromatic rings. The first kappa shape index (κ1) is 11.7. The summed E-state index contributed by atoms with van der Waals surface area (Å²) in [5.41, 5.74) is 3.46. The highest BCUT2D eigenvalue weighted by atomic mass is 16.5. The van der Waals surface area contributed by atoms with Gasteiger partial charge in [0.05, 0.1) is 5.60 Å². The highest BCUT2D eigenvalue weighted by Gasteiger charge is 2.44. The molecule has 0 spiro atoms. The molecule has 0 bridgehead atoms. The summed E-state index contributed by atoms with van der Waals surface area (Å²) in [4.78, 5) is 11.6. The second kappa shape index (κ2) is 3.58. The number of hydrogen-bond acceptors (Lipinski definition) is 3. The minimum atomic E-state index is -0.668. The van der Waals surface area contributed by atoms with Crippen LogP contribution in [0.25, 0.3) is 0 Å². The van der Waals surface area contributed by atoms with Crippen LogP contribution in [0.1, 0.15) is 40.0 Å². The van der Waals surface area contributed by atoms with Crippen LogP contribution in [-0.2, 0) is 9.53 Å². The third kappa shape index (κ3) is 1.50. The van der Waals surface area contributed by atoms with Gasteiger partial charge in [0.1, 0.15) is 5.76 Å². The predicted molar refractivity (Wildman–Crippen MR) is 67.5 cm³/mol. The first-order valence-electron chi connectivity index (χ1n) is 6.46. The average Bonchev–Trinajstić information content (AvgIpc) is 2.65. The van der Waals surface area contributed by atoms with Crippen LogP contribution in [0.3, 0.4) is 0 Å². The molecular weight excluding hydrogens is 228 g/mol. The van der Waals surface area contributed by atoms with Crippen LogP contribution in [0.15, 0.2) is 34.1 Å². The zero-order chi connectivity index (χ0) is 13.1. The van der Waals surface area contributed by atoms with Crippen molar-refractivity contribution in [1.82, 2.24) is 0 Å². The molecule has 3 nitrogen and oxygen atoms in total. The number of ether oxygens (including phenoxy) is 1. The number of fused-ring (bicyclic) bond motifs is 2. The Labute approximate surface area is 107 Å². The van der Waals surface area contributed by atoms with E-state index in [2.05, 4.69) is 0 Å². The Morgan fingerprint density at radius 3 is 2.89 bits per heavy atom. The van der Waals surface area contributed by atoms with E-state index in [-0.39, 0.29) is 11.9 Å². The van der Waals surface area contributed by atoms with Gasteiger partial charge in [-0.15, -0.1) is 0 Å². The maximum Gasteiger partial charge on any atom is 0.339 e. The minimum absolute atomic E-state index is 0.116. The number of rotatable bonds is 0. The number of aliphatic hydroxyl groups is 1. The third-order valence-corrected chi connectivity index (χ3v) is 4.59. The Bertz CT molecular complexity index is 532. The van der Waals surface area contributed by atoms with Crippen LogP contribution in [0, 0.1) is 5.92 Å². The summed E-state index contributed by atoms with van der Waals surface area (Å²) >= 11 is 0. The Morgan fingerprint density at radius 2 is 2.17 bits per heavy atom. The van der Waals surface area contributed by atoms with Crippen molar-refractivity contribution in [3.8, 4) is 0 Å². The van der Waals surface area contributed by atoms with Crippen LogP contribution in [0.5, 0.6) is 0 Å². The van der Waals surface area contributed by atoms with Crippen molar-refractivity contribution in [1.29, 1.82) is 0 Å². The molecule has 1 N–H and O–H groups in total. The van der Waals surface area contributed by atoms with Crippen LogP contribution < -0.4 is 0 Å². The molecule has 96 valence electrons. The van der Waals surface area contributed by atoms with E-state index >= 15 is 0 Å². The highest BCUT2D eigenvalue weighted by molar-refractivity contribution is 5.94. The van der Waals surface area contributed by atoms with E-state index < -0.39 is 5.60 Å². The number of allylic oxidation sites excluding steroid dienone is 3. The molecule has 2 atom stereocenters. The fraction of sp³-hybridized carbons (Fsp3) is 0.533. The maximum absolute atomic E-state index is 11.6. The van der Waals surface area contributed by atoms with Crippen molar-refractivity contribution in [2.75, 3.05) is 0 Å². The molecule has 1 heterocycles. The van der Waals surface area contributed by atoms with Crippen molar-refractivity contribution in [3.05, 3.63) is 34.1 Å². The summed E-state index contributed by atoms with van der Waals surface area (Å²) in [6.07, 6.45) is 4.41. The van der Waals surface area contributed by atoms with Gasteiger partial charge in [-0.2, -0.15) is 0 Å². The van der Waals surface area contributed by atoms with E-state index in [0.717, 1.165) is 24.0 Å². The molecule has 1 aliphatic heterocycles. The van der Waals surface area contributed by atoms with Crippen molar-refractivity contribution in [2.45, 2.75) is 45.6 Å². The van der Waals surface area contributed by atoms with Crippen molar-refractivity contribution < 1.29 is 14.6 Å². The molecule has 2 unspecified atom stereocenters. The van der Waals surface area contributed by atoms with Gasteiger partial charge in [0, 0.05) is 17.1 Å². The molecule has 0 radical (unpaired) electrons. The number of carbonyl (C=O) groups excluding carboxylic acids is 1. The largest absolute Gasteiger partial charge is 0.423 e. The van der Waals surface area contributed by atoms with Gasteiger partial charge in [-0.25, -0.2) is 4.79 Å². The molecule has 3 heteroatoms. The molecule has 1 saturated carbocycles. The van der Waals surface area contributed by atoms with Gasteiger partial charge in [0.15, 0.2) is 0 Å². The lowest BCUT2D eigenvalue weighted by molar-refractivity contribution is -0.133. The smallest absolute Gasteiger partial charge is 0.339 e. The van der Waals surface area contributed by atoms with E-state index in [0.29, 0.717) is 17.8 Å². The Hall–Kier alpha value is -1.35. The summed E-state index contributed by atoms with van der Waals surface area (Å²) in [6, 6.07) is 0. The second-order valence-electron chi connectivity index (χ2n) is 5.82. The van der Waals surface area contributed by atoms with Crippen molar-refractivity contribution in [2.24, 2.45) is 5.92 Å². The molecule has 0 amide bonds. The molecule has 1 fully saturated rings. The van der Waals surface area contributed by atoms with Gasteiger partial charge < -0.3 is 9.84 Å². The van der Waals surface area contributed by atoms with E-state index in [9.17, 15) is 9.90 Å². The molecule has 3 rings (SSSR count). The summed E-state index contributed by atoms with van der Waals surface area (Å²) in [6.45, 7) is 5.75. The van der Waals surface area contributed by atoms with Crippen LogP contribution in [-0.4, -0.2) is 16.7 Å². The van der Waals surface area contributed by atoms with Crippen LogP contribution >= 0.6 is 0 Å². The lowest BCUT2D eigenvalue weighted by atomic mass is 9.84. The van der Waals surface area contributed by atoms with Crippen molar-refractivity contribution in [3.63, 3.8) is 0 Å². The molecular formula is C15H18O3. The van der Waals surface area contributed by atoms with Crippen molar-refractivity contribution >= 4 is 5.97 Å². The second-order valence-corrected chi connectivity index (χ2v) is 5.82. The summed E-state index contributed by atoms with van der Waals surface area (Å²) in [7, 11) is 0. The monoisotopic (exact) mass is 246 g/mol. The van der Waals surface area contributed by atoms with Gasteiger partial charge >= 0.3 is 5.97 Å². The first-order chi connectivity index (χ1) is 8.40. The molecule has 18 heavy (non-hydrogen) atoms.